The normalized spacial score (nSPS) is 10.8. The van der Waals surface area contributed by atoms with Crippen LogP contribution in [0.3, 0.4) is 0 Å². The van der Waals surface area contributed by atoms with Gasteiger partial charge in [0.05, 0.1) is 5.52 Å². The van der Waals surface area contributed by atoms with Gasteiger partial charge in [-0.2, -0.15) is 0 Å². The van der Waals surface area contributed by atoms with Crippen molar-refractivity contribution in [2.45, 2.75) is 19.4 Å². The van der Waals surface area contributed by atoms with Gasteiger partial charge in [0.25, 0.3) is 0 Å². The van der Waals surface area contributed by atoms with Gasteiger partial charge in [0, 0.05) is 26.6 Å². The Balaban J connectivity index is 2.08. The van der Waals surface area contributed by atoms with Crippen LogP contribution in [0.25, 0.3) is 11.1 Å². The molecule has 0 bridgehead atoms. The lowest BCUT2D eigenvalue weighted by Gasteiger charge is -2.16. The van der Waals surface area contributed by atoms with E-state index in [9.17, 15) is 9.59 Å². The Hall–Kier alpha value is -2.08. The highest BCUT2D eigenvalue weighted by atomic mass is 16.4. The summed E-state index contributed by atoms with van der Waals surface area (Å²) in [5.74, 6) is -0.510. The zero-order chi connectivity index (χ0) is 13.8. The zero-order valence-electron chi connectivity index (χ0n) is 10.7. The Kier molecular flexibility index (Phi) is 4.01. The van der Waals surface area contributed by atoms with Crippen molar-refractivity contribution in [3.05, 3.63) is 34.3 Å². The predicted molar refractivity (Wildman–Crippen MR) is 69.6 cm³/mol. The van der Waals surface area contributed by atoms with E-state index in [1.54, 1.807) is 24.1 Å². The third-order valence-electron chi connectivity index (χ3n) is 2.88. The molecule has 0 fully saturated rings. The molecule has 0 atom stereocenters. The van der Waals surface area contributed by atoms with Crippen LogP contribution in [0.5, 0.6) is 0 Å². The predicted octanol–water partition coefficient (Wildman–Crippen LogP) is 0.852. The Morgan fingerprint density at radius 1 is 1.47 bits per heavy atom. The van der Waals surface area contributed by atoms with Gasteiger partial charge in [-0.05, 0) is 24.1 Å². The summed E-state index contributed by atoms with van der Waals surface area (Å²) in [5.41, 5.74) is 2.01. The number of hydrogen-bond donors (Lipinski definition) is 2. The van der Waals surface area contributed by atoms with Crippen molar-refractivity contribution >= 4 is 17.0 Å². The van der Waals surface area contributed by atoms with Crippen molar-refractivity contribution in [1.29, 1.82) is 0 Å². The van der Waals surface area contributed by atoms with Crippen molar-refractivity contribution in [2.24, 2.45) is 0 Å². The molecule has 1 amide bonds. The highest BCUT2D eigenvalue weighted by Crippen LogP contribution is 2.14. The molecule has 0 spiro atoms. The van der Waals surface area contributed by atoms with Gasteiger partial charge in [-0.15, -0.1) is 0 Å². The third kappa shape index (κ3) is 3.23. The number of H-pyrrole nitrogens is 1. The summed E-state index contributed by atoms with van der Waals surface area (Å²) < 4.78 is 4.97. The Morgan fingerprint density at radius 3 is 3.00 bits per heavy atom. The van der Waals surface area contributed by atoms with Crippen LogP contribution in [0.15, 0.2) is 27.4 Å². The number of benzene rings is 1. The maximum atomic E-state index is 11.7. The number of aromatic nitrogens is 1. The van der Waals surface area contributed by atoms with E-state index in [4.69, 9.17) is 9.52 Å². The van der Waals surface area contributed by atoms with Crippen LogP contribution >= 0.6 is 0 Å². The van der Waals surface area contributed by atoms with E-state index in [2.05, 4.69) is 4.98 Å². The van der Waals surface area contributed by atoms with Gasteiger partial charge in [0.2, 0.25) is 5.91 Å². The molecule has 2 aromatic rings. The summed E-state index contributed by atoms with van der Waals surface area (Å²) in [6.45, 7) is 0.454. The van der Waals surface area contributed by atoms with E-state index in [1.165, 1.54) is 0 Å². The molecule has 0 aliphatic rings. The Morgan fingerprint density at radius 2 is 2.26 bits per heavy atom. The summed E-state index contributed by atoms with van der Waals surface area (Å²) in [5, 5.41) is 8.69. The molecule has 1 aromatic carbocycles. The lowest BCUT2D eigenvalue weighted by atomic mass is 10.2. The number of aliphatic hydroxyl groups excluding tert-OH is 1. The molecule has 2 rings (SSSR count). The molecule has 0 unspecified atom stereocenters. The Labute approximate surface area is 109 Å². The van der Waals surface area contributed by atoms with Gasteiger partial charge in [-0.3, -0.25) is 9.78 Å². The summed E-state index contributed by atoms with van der Waals surface area (Å²) in [7, 11) is 1.71. The number of nitrogens with one attached hydrogen (secondary N) is 1. The van der Waals surface area contributed by atoms with E-state index in [1.807, 2.05) is 6.07 Å². The molecule has 0 radical (unpaired) electrons. The number of nitrogens with zero attached hydrogens (tertiary/aromatic N) is 1. The molecule has 2 N–H and O–H groups in total. The van der Waals surface area contributed by atoms with Crippen molar-refractivity contribution < 1.29 is 14.3 Å². The summed E-state index contributed by atoms with van der Waals surface area (Å²) in [6.07, 6.45) is 0.795. The van der Waals surface area contributed by atoms with Gasteiger partial charge in [0.1, 0.15) is 0 Å². The monoisotopic (exact) mass is 264 g/mol. The summed E-state index contributed by atoms with van der Waals surface area (Å²) in [4.78, 5) is 26.9. The molecule has 6 nitrogen and oxygen atoms in total. The van der Waals surface area contributed by atoms with Crippen LogP contribution < -0.4 is 5.76 Å². The maximum Gasteiger partial charge on any atom is 0.417 e. The molecule has 102 valence electrons. The molecule has 1 heterocycles. The number of hydrogen-bond acceptors (Lipinski definition) is 4. The van der Waals surface area contributed by atoms with Crippen LogP contribution in [0.4, 0.5) is 0 Å². The fourth-order valence-corrected chi connectivity index (χ4v) is 1.87. The zero-order valence-corrected chi connectivity index (χ0v) is 10.7. The minimum atomic E-state index is -0.487. The number of aliphatic hydroxyl groups is 1. The minimum absolute atomic E-state index is 0.0139. The number of oxazole rings is 1. The average Bonchev–Trinajstić information content (AvgIpc) is 2.75. The summed E-state index contributed by atoms with van der Waals surface area (Å²) >= 11 is 0. The number of carbonyl (C=O) groups excluding carboxylic acids is 1. The quantitative estimate of drug-likeness (QED) is 0.838. The molecule has 0 aliphatic carbocycles. The first-order valence-electron chi connectivity index (χ1n) is 6.06. The van der Waals surface area contributed by atoms with Crippen molar-refractivity contribution in [1.82, 2.24) is 9.88 Å². The SMILES string of the molecule is CN(Cc1ccc2[nH]c(=O)oc2c1)C(=O)CCCO. The molecule has 0 saturated heterocycles. The van der Waals surface area contributed by atoms with Gasteiger partial charge < -0.3 is 14.4 Å². The first-order chi connectivity index (χ1) is 9.10. The largest absolute Gasteiger partial charge is 0.417 e. The van der Waals surface area contributed by atoms with Gasteiger partial charge in [-0.25, -0.2) is 4.79 Å². The minimum Gasteiger partial charge on any atom is -0.408 e. The summed E-state index contributed by atoms with van der Waals surface area (Å²) in [6, 6.07) is 5.33. The Bertz CT molecular complexity index is 629. The lowest BCUT2D eigenvalue weighted by molar-refractivity contribution is -0.130. The van der Waals surface area contributed by atoms with E-state index < -0.39 is 5.76 Å². The second-order valence-corrected chi connectivity index (χ2v) is 4.42. The topological polar surface area (TPSA) is 86.5 Å². The van der Waals surface area contributed by atoms with E-state index >= 15 is 0 Å². The van der Waals surface area contributed by atoms with E-state index in [0.29, 0.717) is 30.5 Å². The molecule has 19 heavy (non-hydrogen) atoms. The van der Waals surface area contributed by atoms with E-state index in [0.717, 1.165) is 5.56 Å². The molecular formula is C13H16N2O4. The second kappa shape index (κ2) is 5.71. The fraction of sp³-hybridized carbons (Fsp3) is 0.385. The van der Waals surface area contributed by atoms with E-state index in [-0.39, 0.29) is 12.5 Å². The number of amides is 1. The highest BCUT2D eigenvalue weighted by Gasteiger charge is 2.10. The molecule has 1 aromatic heterocycles. The van der Waals surface area contributed by atoms with Gasteiger partial charge >= 0.3 is 5.76 Å². The molecule has 0 aliphatic heterocycles. The number of aromatic amines is 1. The van der Waals surface area contributed by atoms with Crippen LogP contribution in [0, 0.1) is 0 Å². The number of fused-ring (bicyclic) bond motifs is 1. The fourth-order valence-electron chi connectivity index (χ4n) is 1.87. The molecule has 6 heteroatoms. The van der Waals surface area contributed by atoms with Crippen LogP contribution in [-0.4, -0.2) is 34.6 Å². The van der Waals surface area contributed by atoms with Crippen LogP contribution in [-0.2, 0) is 11.3 Å². The van der Waals surface area contributed by atoms with Crippen molar-refractivity contribution in [2.75, 3.05) is 13.7 Å². The first kappa shape index (κ1) is 13.4. The second-order valence-electron chi connectivity index (χ2n) is 4.42. The van der Waals surface area contributed by atoms with Gasteiger partial charge in [0.15, 0.2) is 5.58 Å². The molecular weight excluding hydrogens is 248 g/mol. The van der Waals surface area contributed by atoms with Crippen LogP contribution in [0.2, 0.25) is 0 Å². The smallest absolute Gasteiger partial charge is 0.408 e. The van der Waals surface area contributed by atoms with Crippen molar-refractivity contribution in [3.63, 3.8) is 0 Å². The highest BCUT2D eigenvalue weighted by molar-refractivity contribution is 5.76. The number of rotatable bonds is 5. The maximum absolute atomic E-state index is 11.7. The first-order valence-corrected chi connectivity index (χ1v) is 6.06. The van der Waals surface area contributed by atoms with Crippen LogP contribution in [0.1, 0.15) is 18.4 Å². The van der Waals surface area contributed by atoms with Gasteiger partial charge in [-0.1, -0.05) is 6.07 Å². The third-order valence-corrected chi connectivity index (χ3v) is 2.88. The standard InChI is InChI=1S/C13H16N2O4/c1-15(12(17)3-2-6-16)8-9-4-5-10-11(7-9)19-13(18)14-10/h4-5,7,16H,2-3,6,8H2,1H3,(H,14,18). The average molecular weight is 264 g/mol. The number of carbonyl (C=O) groups is 1. The molecule has 0 saturated carbocycles. The lowest BCUT2D eigenvalue weighted by Crippen LogP contribution is -2.26. The van der Waals surface area contributed by atoms with Crippen molar-refractivity contribution in [3.8, 4) is 0 Å².